The second kappa shape index (κ2) is 5.24. The first-order chi connectivity index (χ1) is 8.67. The van der Waals surface area contributed by atoms with Gasteiger partial charge in [0.15, 0.2) is 0 Å². The van der Waals surface area contributed by atoms with E-state index >= 15 is 0 Å². The molecule has 0 spiro atoms. The smallest absolute Gasteiger partial charge is 0.336 e. The van der Waals surface area contributed by atoms with Crippen LogP contribution in [0.1, 0.15) is 24.5 Å². The number of ether oxygens (including phenoxy) is 1. The Morgan fingerprint density at radius 1 is 1.50 bits per heavy atom. The number of benzene rings is 1. The van der Waals surface area contributed by atoms with Crippen LogP contribution in [-0.4, -0.2) is 12.6 Å². The van der Waals surface area contributed by atoms with Crippen molar-refractivity contribution in [3.05, 3.63) is 51.5 Å². The van der Waals surface area contributed by atoms with E-state index < -0.39 is 5.97 Å². The summed E-state index contributed by atoms with van der Waals surface area (Å²) < 4.78 is 4.91. The minimum absolute atomic E-state index is 0.0953. The van der Waals surface area contributed by atoms with E-state index in [1.807, 2.05) is 12.1 Å². The van der Waals surface area contributed by atoms with Crippen LogP contribution in [0.5, 0.6) is 0 Å². The molecule has 0 fully saturated rings. The molecular formula is C14H12ClNO2. The monoisotopic (exact) mass is 261 g/mol. The summed E-state index contributed by atoms with van der Waals surface area (Å²) >= 11 is 5.93. The number of fused-ring (bicyclic) bond motifs is 1. The van der Waals surface area contributed by atoms with E-state index in [2.05, 4.69) is 4.85 Å². The lowest BCUT2D eigenvalue weighted by Gasteiger charge is -2.05. The van der Waals surface area contributed by atoms with Gasteiger partial charge >= 0.3 is 5.97 Å². The molecule has 0 bridgehead atoms. The maximum Gasteiger partial charge on any atom is 0.336 e. The molecule has 2 rings (SSSR count). The van der Waals surface area contributed by atoms with Crippen molar-refractivity contribution < 1.29 is 9.53 Å². The van der Waals surface area contributed by atoms with Crippen molar-refractivity contribution in [1.82, 2.24) is 0 Å². The second-order valence-electron chi connectivity index (χ2n) is 3.96. The summed E-state index contributed by atoms with van der Waals surface area (Å²) in [5.41, 5.74) is 2.90. The van der Waals surface area contributed by atoms with Crippen molar-refractivity contribution in [3.63, 3.8) is 0 Å². The molecule has 0 aromatic heterocycles. The molecule has 3 nitrogen and oxygen atoms in total. The first-order valence-electron chi connectivity index (χ1n) is 5.74. The molecule has 0 atom stereocenters. The minimum atomic E-state index is -0.537. The second-order valence-corrected chi connectivity index (χ2v) is 4.40. The first-order valence-corrected chi connectivity index (χ1v) is 6.11. The predicted molar refractivity (Wildman–Crippen MR) is 69.9 cm³/mol. The highest BCUT2D eigenvalue weighted by molar-refractivity contribution is 6.30. The molecule has 4 heteroatoms. The summed E-state index contributed by atoms with van der Waals surface area (Å²) in [6.07, 6.45) is 1.50. The van der Waals surface area contributed by atoms with Crippen LogP contribution in [0.3, 0.4) is 0 Å². The number of halogens is 1. The van der Waals surface area contributed by atoms with Gasteiger partial charge in [-0.2, -0.15) is 0 Å². The van der Waals surface area contributed by atoms with E-state index in [1.54, 1.807) is 13.0 Å². The van der Waals surface area contributed by atoms with Gasteiger partial charge in [-0.25, -0.2) is 4.85 Å². The fourth-order valence-electron chi connectivity index (χ4n) is 2.14. The van der Waals surface area contributed by atoms with Gasteiger partial charge in [-0.15, -0.1) is 0 Å². The van der Waals surface area contributed by atoms with Gasteiger partial charge in [0.2, 0.25) is 0 Å². The van der Waals surface area contributed by atoms with Crippen LogP contribution in [0.15, 0.2) is 23.9 Å². The van der Waals surface area contributed by atoms with E-state index in [-0.39, 0.29) is 12.3 Å². The van der Waals surface area contributed by atoms with Gasteiger partial charge in [-0.05, 0) is 48.6 Å². The Morgan fingerprint density at radius 2 is 2.28 bits per heavy atom. The molecule has 0 aliphatic heterocycles. The van der Waals surface area contributed by atoms with E-state index in [1.165, 1.54) is 0 Å². The molecule has 1 aromatic carbocycles. The third kappa shape index (κ3) is 2.25. The molecule has 0 radical (unpaired) electrons. The molecule has 92 valence electrons. The summed E-state index contributed by atoms with van der Waals surface area (Å²) in [5, 5.41) is 0.676. The van der Waals surface area contributed by atoms with Crippen LogP contribution in [0.4, 0.5) is 0 Å². The molecule has 0 N–H and O–H groups in total. The van der Waals surface area contributed by atoms with Gasteiger partial charge in [-0.1, -0.05) is 17.7 Å². The molecule has 18 heavy (non-hydrogen) atoms. The summed E-state index contributed by atoms with van der Waals surface area (Å²) in [5.74, 6) is -0.537. The normalized spacial score (nSPS) is 15.8. The van der Waals surface area contributed by atoms with E-state index in [0.717, 1.165) is 23.1 Å². The average Bonchev–Trinajstić information content (AvgIpc) is 2.73. The maximum atomic E-state index is 11.7. The van der Waals surface area contributed by atoms with Gasteiger partial charge < -0.3 is 4.74 Å². The van der Waals surface area contributed by atoms with Crippen molar-refractivity contribution in [2.24, 2.45) is 0 Å². The highest BCUT2D eigenvalue weighted by Gasteiger charge is 2.24. The van der Waals surface area contributed by atoms with E-state index in [0.29, 0.717) is 11.4 Å². The lowest BCUT2D eigenvalue weighted by molar-refractivity contribution is -0.138. The number of allylic oxidation sites excluding steroid dienone is 1. The molecule has 0 amide bonds. The third-order valence-corrected chi connectivity index (χ3v) is 3.14. The predicted octanol–water partition coefficient (Wildman–Crippen LogP) is 3.48. The maximum absolute atomic E-state index is 11.7. The quantitative estimate of drug-likeness (QED) is 0.464. The number of hydrogen-bond donors (Lipinski definition) is 0. The average molecular weight is 262 g/mol. The number of carbonyl (C=O) groups is 1. The Kier molecular flexibility index (Phi) is 3.69. The molecule has 0 saturated heterocycles. The molecule has 1 aliphatic carbocycles. The van der Waals surface area contributed by atoms with Crippen LogP contribution in [0.2, 0.25) is 5.02 Å². The van der Waals surface area contributed by atoms with Gasteiger partial charge in [0.1, 0.15) is 0 Å². The molecule has 0 saturated carbocycles. The van der Waals surface area contributed by atoms with E-state index in [4.69, 9.17) is 22.9 Å². The Labute approximate surface area is 111 Å². The van der Waals surface area contributed by atoms with E-state index in [9.17, 15) is 4.79 Å². The highest BCUT2D eigenvalue weighted by Crippen LogP contribution is 2.36. The Bertz CT molecular complexity index is 570. The largest absolute Gasteiger partial charge is 0.471 e. The summed E-state index contributed by atoms with van der Waals surface area (Å²) in [6.45, 7) is 9.16. The standard InChI is InChI=1S/C14H12ClNO2/c1-3-18-14(17)13(16-2)12-6-4-9-8-10(15)5-7-11(9)12/h5,7-8H,3-4,6H2,1H3. The van der Waals surface area contributed by atoms with Crippen molar-refractivity contribution >= 4 is 23.1 Å². The van der Waals surface area contributed by atoms with Crippen LogP contribution in [-0.2, 0) is 16.0 Å². The van der Waals surface area contributed by atoms with Crippen LogP contribution >= 0.6 is 11.6 Å². The molecule has 0 unspecified atom stereocenters. The van der Waals surface area contributed by atoms with Crippen LogP contribution in [0.25, 0.3) is 10.4 Å². The van der Waals surface area contributed by atoms with Crippen molar-refractivity contribution in [3.8, 4) is 0 Å². The zero-order valence-electron chi connectivity index (χ0n) is 10.00. The van der Waals surface area contributed by atoms with Crippen LogP contribution < -0.4 is 0 Å². The number of hydrogen-bond acceptors (Lipinski definition) is 2. The minimum Gasteiger partial charge on any atom is -0.471 e. The zero-order valence-corrected chi connectivity index (χ0v) is 10.8. The van der Waals surface area contributed by atoms with Crippen LogP contribution in [0, 0.1) is 6.57 Å². The fraction of sp³-hybridized carbons (Fsp3) is 0.286. The Hall–Kier alpha value is -1.79. The summed E-state index contributed by atoms with van der Waals surface area (Å²) in [7, 11) is 0. The van der Waals surface area contributed by atoms with Crippen molar-refractivity contribution in [2.75, 3.05) is 6.61 Å². The summed E-state index contributed by atoms with van der Waals surface area (Å²) in [4.78, 5) is 15.1. The highest BCUT2D eigenvalue weighted by atomic mass is 35.5. The SMILES string of the molecule is [C-]#[N+]C(C(=O)OCC)=C1CCc2cc(Cl)ccc21. The number of esters is 1. The van der Waals surface area contributed by atoms with Gasteiger partial charge in [0.25, 0.3) is 5.70 Å². The lowest BCUT2D eigenvalue weighted by atomic mass is 10.1. The number of aryl methyl sites for hydroxylation is 1. The molecular weight excluding hydrogens is 250 g/mol. The Balaban J connectivity index is 2.48. The van der Waals surface area contributed by atoms with Gasteiger partial charge in [-0.3, -0.25) is 4.79 Å². The number of carbonyl (C=O) groups excluding carboxylic acids is 1. The lowest BCUT2D eigenvalue weighted by Crippen LogP contribution is -2.06. The van der Waals surface area contributed by atoms with Crippen molar-refractivity contribution in [2.45, 2.75) is 19.8 Å². The first kappa shape index (κ1) is 12.7. The molecule has 0 heterocycles. The summed E-state index contributed by atoms with van der Waals surface area (Å²) in [6, 6.07) is 5.53. The van der Waals surface area contributed by atoms with Gasteiger partial charge in [0.05, 0.1) is 13.2 Å². The molecule has 1 aromatic rings. The molecule has 1 aliphatic rings. The zero-order chi connectivity index (χ0) is 13.1. The number of nitrogens with zero attached hydrogens (tertiary/aromatic N) is 1. The number of rotatable bonds is 2. The van der Waals surface area contributed by atoms with Gasteiger partial charge in [0, 0.05) is 5.02 Å². The Morgan fingerprint density at radius 3 is 2.94 bits per heavy atom. The van der Waals surface area contributed by atoms with Crippen molar-refractivity contribution in [1.29, 1.82) is 0 Å². The third-order valence-electron chi connectivity index (χ3n) is 2.90. The topological polar surface area (TPSA) is 30.7 Å². The fourth-order valence-corrected chi connectivity index (χ4v) is 2.33.